The fourth-order valence-electron chi connectivity index (χ4n) is 3.69. The van der Waals surface area contributed by atoms with Crippen molar-refractivity contribution in [2.75, 3.05) is 49.1 Å². The topological polar surface area (TPSA) is 98.7 Å². The number of hydrogen-bond donors (Lipinski definition) is 1. The SMILES string of the molecule is O=C(NCC(=O)N1CCN(c2ncccn2)CC1)c1ccc(N2CCCC2=O)cc1. The molecule has 2 saturated heterocycles. The van der Waals surface area contributed by atoms with E-state index < -0.39 is 0 Å². The molecule has 1 aromatic carbocycles. The second kappa shape index (κ2) is 8.89. The first kappa shape index (κ1) is 19.8. The highest BCUT2D eigenvalue weighted by Gasteiger charge is 2.23. The van der Waals surface area contributed by atoms with Crippen LogP contribution in [0.5, 0.6) is 0 Å². The van der Waals surface area contributed by atoms with Crippen LogP contribution in [0.3, 0.4) is 0 Å². The second-order valence-corrected chi connectivity index (χ2v) is 7.30. The summed E-state index contributed by atoms with van der Waals surface area (Å²) in [6, 6.07) is 8.67. The first-order valence-electron chi connectivity index (χ1n) is 10.1. The van der Waals surface area contributed by atoms with Crippen LogP contribution in [0.1, 0.15) is 23.2 Å². The summed E-state index contributed by atoms with van der Waals surface area (Å²) in [5.74, 6) is 0.351. The molecule has 0 aliphatic carbocycles. The Morgan fingerprint density at radius 1 is 0.967 bits per heavy atom. The molecule has 1 aromatic heterocycles. The van der Waals surface area contributed by atoms with Gasteiger partial charge in [-0.2, -0.15) is 0 Å². The van der Waals surface area contributed by atoms with E-state index in [1.807, 2.05) is 4.90 Å². The molecule has 0 atom stereocenters. The molecule has 2 aliphatic heterocycles. The van der Waals surface area contributed by atoms with Gasteiger partial charge in [0, 0.05) is 62.8 Å². The maximum absolute atomic E-state index is 12.5. The number of nitrogens with zero attached hydrogens (tertiary/aromatic N) is 5. The summed E-state index contributed by atoms with van der Waals surface area (Å²) < 4.78 is 0. The Bertz CT molecular complexity index is 910. The first-order valence-corrected chi connectivity index (χ1v) is 10.1. The van der Waals surface area contributed by atoms with E-state index in [0.717, 1.165) is 12.1 Å². The molecule has 0 radical (unpaired) electrons. The van der Waals surface area contributed by atoms with Crippen LogP contribution in [0.25, 0.3) is 0 Å². The van der Waals surface area contributed by atoms with E-state index >= 15 is 0 Å². The quantitative estimate of drug-likeness (QED) is 0.781. The van der Waals surface area contributed by atoms with Crippen molar-refractivity contribution in [3.8, 4) is 0 Å². The third-order valence-corrected chi connectivity index (χ3v) is 5.38. The summed E-state index contributed by atoms with van der Waals surface area (Å²) in [5.41, 5.74) is 1.26. The molecule has 3 heterocycles. The van der Waals surface area contributed by atoms with E-state index in [9.17, 15) is 14.4 Å². The lowest BCUT2D eigenvalue weighted by atomic mass is 10.2. The van der Waals surface area contributed by atoms with Gasteiger partial charge in [-0.3, -0.25) is 14.4 Å². The zero-order valence-electron chi connectivity index (χ0n) is 16.7. The Labute approximate surface area is 174 Å². The lowest BCUT2D eigenvalue weighted by Crippen LogP contribution is -2.51. The highest BCUT2D eigenvalue weighted by Crippen LogP contribution is 2.21. The van der Waals surface area contributed by atoms with Gasteiger partial charge >= 0.3 is 0 Å². The largest absolute Gasteiger partial charge is 0.343 e. The highest BCUT2D eigenvalue weighted by molar-refractivity contribution is 5.98. The van der Waals surface area contributed by atoms with E-state index in [0.29, 0.717) is 50.7 Å². The fourth-order valence-corrected chi connectivity index (χ4v) is 3.69. The number of carbonyl (C=O) groups excluding carboxylic acids is 3. The van der Waals surface area contributed by atoms with Crippen molar-refractivity contribution in [3.63, 3.8) is 0 Å². The van der Waals surface area contributed by atoms with Gasteiger partial charge in [-0.15, -0.1) is 0 Å². The summed E-state index contributed by atoms with van der Waals surface area (Å²) in [4.78, 5) is 50.6. The standard InChI is InChI=1S/C21H24N6O3/c28-18-3-1-10-27(18)17-6-4-16(5-7-17)20(30)24-15-19(29)25-11-13-26(14-12-25)21-22-8-2-9-23-21/h2,4-9H,1,3,10-15H2,(H,24,30). The average Bonchev–Trinajstić information content (AvgIpc) is 3.24. The van der Waals surface area contributed by atoms with Crippen LogP contribution >= 0.6 is 0 Å². The minimum Gasteiger partial charge on any atom is -0.343 e. The Hall–Kier alpha value is -3.49. The predicted octanol–water partition coefficient (Wildman–Crippen LogP) is 0.682. The van der Waals surface area contributed by atoms with Crippen molar-refractivity contribution in [2.45, 2.75) is 12.8 Å². The molecular formula is C21H24N6O3. The van der Waals surface area contributed by atoms with E-state index in [1.165, 1.54) is 0 Å². The van der Waals surface area contributed by atoms with Crippen LogP contribution in [0, 0.1) is 0 Å². The van der Waals surface area contributed by atoms with Gasteiger partial charge in [-0.25, -0.2) is 9.97 Å². The van der Waals surface area contributed by atoms with Crippen molar-refractivity contribution in [2.24, 2.45) is 0 Å². The van der Waals surface area contributed by atoms with Gasteiger partial charge in [-0.05, 0) is 36.8 Å². The monoisotopic (exact) mass is 408 g/mol. The van der Waals surface area contributed by atoms with Crippen molar-refractivity contribution in [1.29, 1.82) is 0 Å². The molecular weight excluding hydrogens is 384 g/mol. The Kier molecular flexibility index (Phi) is 5.87. The van der Waals surface area contributed by atoms with Crippen molar-refractivity contribution < 1.29 is 14.4 Å². The number of piperazine rings is 1. The second-order valence-electron chi connectivity index (χ2n) is 7.30. The van der Waals surface area contributed by atoms with Crippen LogP contribution in [0.15, 0.2) is 42.7 Å². The Balaban J connectivity index is 1.25. The van der Waals surface area contributed by atoms with Crippen LogP contribution in [-0.2, 0) is 9.59 Å². The summed E-state index contributed by atoms with van der Waals surface area (Å²) in [6.45, 7) is 3.09. The zero-order valence-corrected chi connectivity index (χ0v) is 16.7. The third-order valence-electron chi connectivity index (χ3n) is 5.38. The maximum atomic E-state index is 12.5. The number of rotatable bonds is 5. The van der Waals surface area contributed by atoms with Crippen LogP contribution in [0.4, 0.5) is 11.6 Å². The highest BCUT2D eigenvalue weighted by atomic mass is 16.2. The normalized spacial score (nSPS) is 16.7. The number of nitrogens with one attached hydrogen (secondary N) is 1. The average molecular weight is 408 g/mol. The van der Waals surface area contributed by atoms with Crippen molar-refractivity contribution in [3.05, 3.63) is 48.3 Å². The molecule has 0 bridgehead atoms. The molecule has 0 saturated carbocycles. The molecule has 2 aliphatic rings. The van der Waals surface area contributed by atoms with E-state index in [2.05, 4.69) is 15.3 Å². The zero-order chi connectivity index (χ0) is 20.9. The van der Waals surface area contributed by atoms with E-state index in [-0.39, 0.29) is 24.3 Å². The van der Waals surface area contributed by atoms with Crippen LogP contribution in [-0.4, -0.2) is 71.9 Å². The van der Waals surface area contributed by atoms with Gasteiger partial charge in [0.1, 0.15) is 0 Å². The predicted molar refractivity (Wildman–Crippen MR) is 111 cm³/mol. The molecule has 9 nitrogen and oxygen atoms in total. The molecule has 0 unspecified atom stereocenters. The number of amides is 3. The van der Waals surface area contributed by atoms with Gasteiger partial charge in [0.25, 0.3) is 5.91 Å². The smallest absolute Gasteiger partial charge is 0.251 e. The molecule has 2 fully saturated rings. The summed E-state index contributed by atoms with van der Waals surface area (Å²) in [5, 5.41) is 2.69. The van der Waals surface area contributed by atoms with Gasteiger partial charge in [-0.1, -0.05) is 0 Å². The number of hydrogen-bond acceptors (Lipinski definition) is 6. The Morgan fingerprint density at radius 3 is 2.30 bits per heavy atom. The van der Waals surface area contributed by atoms with Crippen molar-refractivity contribution in [1.82, 2.24) is 20.2 Å². The molecule has 3 amide bonds. The van der Waals surface area contributed by atoms with Crippen LogP contribution < -0.4 is 15.1 Å². The van der Waals surface area contributed by atoms with E-state index in [4.69, 9.17) is 0 Å². The van der Waals surface area contributed by atoms with E-state index in [1.54, 1.807) is 52.5 Å². The van der Waals surface area contributed by atoms with Gasteiger partial charge in [0.05, 0.1) is 6.54 Å². The fraction of sp³-hybridized carbons (Fsp3) is 0.381. The number of carbonyl (C=O) groups is 3. The maximum Gasteiger partial charge on any atom is 0.251 e. The minimum absolute atomic E-state index is 0.0486. The molecule has 2 aromatic rings. The first-order chi connectivity index (χ1) is 14.6. The third kappa shape index (κ3) is 4.40. The summed E-state index contributed by atoms with van der Waals surface area (Å²) >= 11 is 0. The van der Waals surface area contributed by atoms with Crippen LogP contribution in [0.2, 0.25) is 0 Å². The van der Waals surface area contributed by atoms with Gasteiger partial charge < -0.3 is 20.0 Å². The molecule has 1 N–H and O–H groups in total. The number of aromatic nitrogens is 2. The number of anilines is 2. The number of benzene rings is 1. The molecule has 30 heavy (non-hydrogen) atoms. The summed E-state index contributed by atoms with van der Waals surface area (Å²) in [6.07, 6.45) is 4.82. The Morgan fingerprint density at radius 2 is 1.67 bits per heavy atom. The molecule has 156 valence electrons. The van der Waals surface area contributed by atoms with Gasteiger partial charge in [0.2, 0.25) is 17.8 Å². The lowest BCUT2D eigenvalue weighted by molar-refractivity contribution is -0.130. The molecule has 4 rings (SSSR count). The molecule has 9 heteroatoms. The summed E-state index contributed by atoms with van der Waals surface area (Å²) in [7, 11) is 0. The minimum atomic E-state index is -0.307. The lowest BCUT2D eigenvalue weighted by Gasteiger charge is -2.34. The van der Waals surface area contributed by atoms with Gasteiger partial charge in [0.15, 0.2) is 0 Å². The molecule has 0 spiro atoms. The van der Waals surface area contributed by atoms with Crippen molar-refractivity contribution >= 4 is 29.4 Å².